The molecule has 1 N–H and O–H groups in total. The zero-order chi connectivity index (χ0) is 22.7. The third kappa shape index (κ3) is 4.86. The van der Waals surface area contributed by atoms with Gasteiger partial charge < -0.3 is 19.2 Å². The molecule has 0 unspecified atom stereocenters. The van der Waals surface area contributed by atoms with E-state index in [1.807, 2.05) is 25.1 Å². The molecule has 4 rings (SSSR count). The molecule has 2 heterocycles. The fraction of sp³-hybridized carbons (Fsp3) is 0.348. The molecule has 1 saturated heterocycles. The lowest BCUT2D eigenvalue weighted by atomic mass is 10.1. The van der Waals surface area contributed by atoms with E-state index in [1.165, 1.54) is 23.5 Å². The van der Waals surface area contributed by atoms with E-state index in [9.17, 15) is 13.2 Å². The topological polar surface area (TPSA) is 97.9 Å². The summed E-state index contributed by atoms with van der Waals surface area (Å²) in [6.45, 7) is 3.11. The number of hydrogen-bond donors (Lipinski definition) is 1. The predicted molar refractivity (Wildman–Crippen MR) is 120 cm³/mol. The van der Waals surface area contributed by atoms with Crippen LogP contribution in [0.5, 0.6) is 5.75 Å². The van der Waals surface area contributed by atoms with E-state index in [0.29, 0.717) is 36.7 Å². The van der Waals surface area contributed by atoms with Crippen LogP contribution in [0, 0.1) is 6.92 Å². The molecule has 1 atom stereocenters. The van der Waals surface area contributed by atoms with Crippen LogP contribution in [-0.2, 0) is 26.0 Å². The molecule has 1 aliphatic rings. The first kappa shape index (κ1) is 22.5. The minimum absolute atomic E-state index is 0.0691. The van der Waals surface area contributed by atoms with Gasteiger partial charge in [-0.2, -0.15) is 4.31 Å². The molecule has 1 aliphatic heterocycles. The number of fused-ring (bicyclic) bond motifs is 1. The number of aromatic amines is 1. The summed E-state index contributed by atoms with van der Waals surface area (Å²) in [6, 6.07) is 13.6. The van der Waals surface area contributed by atoms with Crippen molar-refractivity contribution < 1.29 is 22.6 Å². The molecule has 1 aromatic heterocycles. The van der Waals surface area contributed by atoms with Crippen molar-refractivity contribution in [3.63, 3.8) is 0 Å². The lowest BCUT2D eigenvalue weighted by Crippen LogP contribution is -2.43. The standard InChI is InChI=1S/C23H26N2O6S/c1-16-3-8-22-17(11-16)12-18(23(26)24-22)13-25(14-20-15-30-9-10-31-20)32(27,28)21-6-4-19(29-2)5-7-21/h3-8,11-12,20H,9-10,13-15H2,1-2H3,(H,24,26)/t20-/m1/s1. The zero-order valence-corrected chi connectivity index (χ0v) is 18.9. The zero-order valence-electron chi connectivity index (χ0n) is 18.0. The van der Waals surface area contributed by atoms with Crippen LogP contribution in [0.2, 0.25) is 0 Å². The van der Waals surface area contributed by atoms with Crippen molar-refractivity contribution in [2.24, 2.45) is 0 Å². The number of H-pyrrole nitrogens is 1. The minimum atomic E-state index is -3.91. The SMILES string of the molecule is COc1ccc(S(=O)(=O)N(Cc2cc3cc(C)ccc3[nH]c2=O)C[C@@H]2COCCO2)cc1. The second-order valence-electron chi connectivity index (χ2n) is 7.76. The van der Waals surface area contributed by atoms with Gasteiger partial charge in [-0.25, -0.2) is 8.42 Å². The molecular formula is C23H26N2O6S. The van der Waals surface area contributed by atoms with Gasteiger partial charge in [-0.15, -0.1) is 0 Å². The van der Waals surface area contributed by atoms with Crippen molar-refractivity contribution in [1.29, 1.82) is 0 Å². The number of pyridine rings is 1. The fourth-order valence-electron chi connectivity index (χ4n) is 3.69. The monoisotopic (exact) mass is 458 g/mol. The van der Waals surface area contributed by atoms with Crippen LogP contribution >= 0.6 is 0 Å². The van der Waals surface area contributed by atoms with Gasteiger partial charge in [0.25, 0.3) is 5.56 Å². The summed E-state index contributed by atoms with van der Waals surface area (Å²) in [6.07, 6.45) is -0.418. The first-order valence-corrected chi connectivity index (χ1v) is 11.8. The average molecular weight is 459 g/mol. The fourth-order valence-corrected chi connectivity index (χ4v) is 5.14. The van der Waals surface area contributed by atoms with Crippen molar-refractivity contribution in [2.75, 3.05) is 33.5 Å². The number of methoxy groups -OCH3 is 1. The van der Waals surface area contributed by atoms with Crippen molar-refractivity contribution in [2.45, 2.75) is 24.5 Å². The van der Waals surface area contributed by atoms with Gasteiger partial charge in [0.1, 0.15) is 5.75 Å². The van der Waals surface area contributed by atoms with E-state index in [2.05, 4.69) is 4.98 Å². The maximum atomic E-state index is 13.5. The smallest absolute Gasteiger partial charge is 0.252 e. The van der Waals surface area contributed by atoms with E-state index in [4.69, 9.17) is 14.2 Å². The Bertz CT molecular complexity index is 1250. The molecule has 0 spiro atoms. The summed E-state index contributed by atoms with van der Waals surface area (Å²) in [5.74, 6) is 0.556. The van der Waals surface area contributed by atoms with Crippen LogP contribution in [0.15, 0.2) is 58.2 Å². The highest BCUT2D eigenvalue weighted by atomic mass is 32.2. The second-order valence-corrected chi connectivity index (χ2v) is 9.69. The third-order valence-electron chi connectivity index (χ3n) is 5.41. The molecule has 0 radical (unpaired) electrons. The van der Waals surface area contributed by atoms with E-state index < -0.39 is 16.1 Å². The molecule has 32 heavy (non-hydrogen) atoms. The maximum Gasteiger partial charge on any atom is 0.252 e. The van der Waals surface area contributed by atoms with Crippen molar-refractivity contribution >= 4 is 20.9 Å². The summed E-state index contributed by atoms with van der Waals surface area (Å²) in [4.78, 5) is 15.7. The van der Waals surface area contributed by atoms with Crippen molar-refractivity contribution in [3.05, 3.63) is 70.0 Å². The highest BCUT2D eigenvalue weighted by molar-refractivity contribution is 7.89. The molecule has 0 amide bonds. The number of ether oxygens (including phenoxy) is 3. The Morgan fingerprint density at radius 1 is 1.12 bits per heavy atom. The number of hydrogen-bond acceptors (Lipinski definition) is 6. The first-order valence-electron chi connectivity index (χ1n) is 10.3. The normalized spacial score (nSPS) is 17.0. The van der Waals surface area contributed by atoms with E-state index in [0.717, 1.165) is 10.9 Å². The first-order chi connectivity index (χ1) is 15.4. The number of rotatable bonds is 7. The summed E-state index contributed by atoms with van der Waals surface area (Å²) in [7, 11) is -2.39. The van der Waals surface area contributed by atoms with Gasteiger partial charge in [0.2, 0.25) is 10.0 Å². The number of aryl methyl sites for hydroxylation is 1. The van der Waals surface area contributed by atoms with Gasteiger partial charge in [-0.3, -0.25) is 4.79 Å². The summed E-state index contributed by atoms with van der Waals surface area (Å²) in [5, 5.41) is 0.846. The third-order valence-corrected chi connectivity index (χ3v) is 7.24. The van der Waals surface area contributed by atoms with Crippen molar-refractivity contribution in [1.82, 2.24) is 9.29 Å². The summed E-state index contributed by atoms with van der Waals surface area (Å²) in [5.41, 5.74) is 1.79. The molecule has 0 bridgehead atoms. The van der Waals surface area contributed by atoms with E-state index in [1.54, 1.807) is 18.2 Å². The second kappa shape index (κ2) is 9.41. The maximum absolute atomic E-state index is 13.5. The number of benzene rings is 2. The van der Waals surface area contributed by atoms with Crippen LogP contribution in [0.1, 0.15) is 11.1 Å². The predicted octanol–water partition coefficient (Wildman–Crippen LogP) is 2.45. The molecule has 1 fully saturated rings. The molecular weight excluding hydrogens is 432 g/mol. The van der Waals surface area contributed by atoms with Gasteiger partial charge in [0.15, 0.2) is 0 Å². The molecule has 170 valence electrons. The Morgan fingerprint density at radius 3 is 2.59 bits per heavy atom. The highest BCUT2D eigenvalue weighted by Gasteiger charge is 2.30. The molecule has 2 aromatic carbocycles. The lowest BCUT2D eigenvalue weighted by Gasteiger charge is -2.29. The Kier molecular flexibility index (Phi) is 6.61. The molecule has 9 heteroatoms. The van der Waals surface area contributed by atoms with E-state index in [-0.39, 0.29) is 23.5 Å². The Hall–Kier alpha value is -2.72. The van der Waals surface area contributed by atoms with Crippen LogP contribution in [-0.4, -0.2) is 57.3 Å². The molecule has 8 nitrogen and oxygen atoms in total. The van der Waals surface area contributed by atoms with Crippen molar-refractivity contribution in [3.8, 4) is 5.75 Å². The van der Waals surface area contributed by atoms with E-state index >= 15 is 0 Å². The number of nitrogens with zero attached hydrogens (tertiary/aromatic N) is 1. The Morgan fingerprint density at radius 2 is 1.91 bits per heavy atom. The minimum Gasteiger partial charge on any atom is -0.497 e. The average Bonchev–Trinajstić information content (AvgIpc) is 2.80. The molecule has 0 saturated carbocycles. The van der Waals surface area contributed by atoms with Gasteiger partial charge in [0, 0.05) is 24.2 Å². The quantitative estimate of drug-likeness (QED) is 0.584. The van der Waals surface area contributed by atoms with Gasteiger partial charge in [-0.05, 0) is 54.8 Å². The molecule has 0 aliphatic carbocycles. The van der Waals surface area contributed by atoms with Gasteiger partial charge in [-0.1, -0.05) is 11.6 Å². The molecule has 3 aromatic rings. The van der Waals surface area contributed by atoms with Crippen LogP contribution < -0.4 is 10.3 Å². The highest BCUT2D eigenvalue weighted by Crippen LogP contribution is 2.23. The summed E-state index contributed by atoms with van der Waals surface area (Å²) >= 11 is 0. The number of aromatic nitrogens is 1. The number of nitrogens with one attached hydrogen (secondary N) is 1. The van der Waals surface area contributed by atoms with Crippen LogP contribution in [0.4, 0.5) is 0 Å². The Labute approximate surface area is 186 Å². The van der Waals surface area contributed by atoms with Crippen LogP contribution in [0.25, 0.3) is 10.9 Å². The van der Waals surface area contributed by atoms with Crippen LogP contribution in [0.3, 0.4) is 0 Å². The van der Waals surface area contributed by atoms with Gasteiger partial charge >= 0.3 is 0 Å². The Balaban J connectivity index is 1.71. The largest absolute Gasteiger partial charge is 0.497 e. The number of sulfonamides is 1. The lowest BCUT2D eigenvalue weighted by molar-refractivity contribution is -0.0923. The van der Waals surface area contributed by atoms with Gasteiger partial charge in [0.05, 0.1) is 37.9 Å². The summed E-state index contributed by atoms with van der Waals surface area (Å²) < 4.78 is 44.6.